The zero-order valence-corrected chi connectivity index (χ0v) is 9.84. The molecule has 4 nitrogen and oxygen atoms in total. The Bertz CT molecular complexity index is 670. The molecule has 2 heterocycles. The Labute approximate surface area is 108 Å². The Morgan fingerprint density at radius 1 is 1.16 bits per heavy atom. The second-order valence-corrected chi connectivity index (χ2v) is 4.20. The van der Waals surface area contributed by atoms with Crippen LogP contribution in [0.1, 0.15) is 16.1 Å². The molecule has 1 amide bonds. The van der Waals surface area contributed by atoms with E-state index in [1.54, 1.807) is 24.4 Å². The van der Waals surface area contributed by atoms with Crippen molar-refractivity contribution in [2.75, 3.05) is 4.90 Å². The van der Waals surface area contributed by atoms with Gasteiger partial charge in [-0.1, -0.05) is 6.07 Å². The molecular formula is C14H9FN2O2. The van der Waals surface area contributed by atoms with E-state index < -0.39 is 17.5 Å². The number of Topliss-reactive ketones (excluding diaryl/α,β-unsaturated/α-hetero) is 1. The Balaban J connectivity index is 2.00. The molecule has 3 rings (SSSR count). The third kappa shape index (κ3) is 1.89. The number of aromatic nitrogens is 1. The van der Waals surface area contributed by atoms with E-state index >= 15 is 0 Å². The van der Waals surface area contributed by atoms with Crippen molar-refractivity contribution in [1.29, 1.82) is 0 Å². The van der Waals surface area contributed by atoms with Gasteiger partial charge in [0.2, 0.25) is 0 Å². The van der Waals surface area contributed by atoms with Crippen molar-refractivity contribution in [2.45, 2.75) is 6.54 Å². The van der Waals surface area contributed by atoms with Crippen LogP contribution in [0.4, 0.5) is 10.1 Å². The number of amides is 1. The first-order valence-electron chi connectivity index (χ1n) is 5.72. The standard InChI is InChI=1S/C14H9FN2O2/c15-9-4-5-12-11(7-9)13(18)14(19)17(12)8-10-3-1-2-6-16-10/h1-7H,8H2. The fourth-order valence-corrected chi connectivity index (χ4v) is 2.08. The summed E-state index contributed by atoms with van der Waals surface area (Å²) in [5, 5.41) is 0. The van der Waals surface area contributed by atoms with Crippen LogP contribution in [0.15, 0.2) is 42.6 Å². The van der Waals surface area contributed by atoms with Crippen molar-refractivity contribution in [3.05, 3.63) is 59.7 Å². The molecule has 0 saturated carbocycles. The second-order valence-electron chi connectivity index (χ2n) is 4.20. The summed E-state index contributed by atoms with van der Waals surface area (Å²) in [5.74, 6) is -1.85. The summed E-state index contributed by atoms with van der Waals surface area (Å²) < 4.78 is 13.1. The minimum absolute atomic E-state index is 0.112. The van der Waals surface area contributed by atoms with E-state index in [1.807, 2.05) is 0 Å². The zero-order chi connectivity index (χ0) is 13.4. The molecule has 1 aliphatic rings. The molecule has 1 aromatic heterocycles. The van der Waals surface area contributed by atoms with Gasteiger partial charge in [-0.3, -0.25) is 19.5 Å². The summed E-state index contributed by atoms with van der Waals surface area (Å²) in [4.78, 5) is 29.1. The van der Waals surface area contributed by atoms with E-state index in [1.165, 1.54) is 17.0 Å². The van der Waals surface area contributed by atoms with Crippen LogP contribution in [0.3, 0.4) is 0 Å². The molecule has 94 valence electrons. The quantitative estimate of drug-likeness (QED) is 0.772. The highest BCUT2D eigenvalue weighted by Gasteiger charge is 2.36. The van der Waals surface area contributed by atoms with Crippen LogP contribution >= 0.6 is 0 Å². The van der Waals surface area contributed by atoms with Gasteiger partial charge in [0.05, 0.1) is 23.5 Å². The summed E-state index contributed by atoms with van der Waals surface area (Å²) in [6, 6.07) is 9.10. The molecular weight excluding hydrogens is 247 g/mol. The number of halogens is 1. The normalized spacial score (nSPS) is 13.8. The fourth-order valence-electron chi connectivity index (χ4n) is 2.08. The first-order valence-corrected chi connectivity index (χ1v) is 5.72. The number of anilines is 1. The average molecular weight is 256 g/mol. The summed E-state index contributed by atoms with van der Waals surface area (Å²) in [5.41, 5.74) is 1.21. The van der Waals surface area contributed by atoms with E-state index in [2.05, 4.69) is 4.98 Å². The molecule has 5 heteroatoms. The number of fused-ring (bicyclic) bond motifs is 1. The van der Waals surface area contributed by atoms with Crippen molar-refractivity contribution in [2.24, 2.45) is 0 Å². The lowest BCUT2D eigenvalue weighted by atomic mass is 10.1. The molecule has 0 fully saturated rings. The predicted molar refractivity (Wildman–Crippen MR) is 66.2 cm³/mol. The number of carbonyl (C=O) groups excluding carboxylic acids is 2. The largest absolute Gasteiger partial charge is 0.299 e. The number of carbonyl (C=O) groups is 2. The van der Waals surface area contributed by atoms with Crippen LogP contribution in [-0.4, -0.2) is 16.7 Å². The fraction of sp³-hybridized carbons (Fsp3) is 0.0714. The van der Waals surface area contributed by atoms with Gasteiger partial charge in [0.1, 0.15) is 5.82 Å². The van der Waals surface area contributed by atoms with Gasteiger partial charge in [0.25, 0.3) is 11.7 Å². The minimum Gasteiger partial charge on any atom is -0.299 e. The van der Waals surface area contributed by atoms with Gasteiger partial charge >= 0.3 is 0 Å². The van der Waals surface area contributed by atoms with Gasteiger partial charge in [-0.25, -0.2) is 4.39 Å². The second kappa shape index (κ2) is 4.28. The summed E-state index contributed by atoms with van der Waals surface area (Å²) in [6.07, 6.45) is 1.61. The molecule has 0 aliphatic carbocycles. The summed E-state index contributed by atoms with van der Waals surface area (Å²) in [6.45, 7) is 0.198. The van der Waals surface area contributed by atoms with Gasteiger partial charge < -0.3 is 0 Å². The van der Waals surface area contributed by atoms with E-state index in [9.17, 15) is 14.0 Å². The summed E-state index contributed by atoms with van der Waals surface area (Å²) in [7, 11) is 0. The first kappa shape index (κ1) is 11.5. The molecule has 0 spiro atoms. The Morgan fingerprint density at radius 3 is 2.74 bits per heavy atom. The molecule has 0 N–H and O–H groups in total. The van der Waals surface area contributed by atoms with E-state index in [-0.39, 0.29) is 12.1 Å². The Hall–Kier alpha value is -2.56. The highest BCUT2D eigenvalue weighted by molar-refractivity contribution is 6.52. The molecule has 19 heavy (non-hydrogen) atoms. The maximum Gasteiger partial charge on any atom is 0.299 e. The van der Waals surface area contributed by atoms with Crippen molar-refractivity contribution in [1.82, 2.24) is 4.98 Å². The molecule has 1 aliphatic heterocycles. The third-order valence-corrected chi connectivity index (χ3v) is 2.98. The number of hydrogen-bond acceptors (Lipinski definition) is 3. The van der Waals surface area contributed by atoms with Crippen LogP contribution in [0, 0.1) is 5.82 Å². The minimum atomic E-state index is -0.676. The molecule has 2 aromatic rings. The molecule has 0 atom stereocenters. The number of rotatable bonds is 2. The highest BCUT2D eigenvalue weighted by Crippen LogP contribution is 2.30. The lowest BCUT2D eigenvalue weighted by Gasteiger charge is -2.15. The highest BCUT2D eigenvalue weighted by atomic mass is 19.1. The average Bonchev–Trinajstić information content (AvgIpc) is 2.65. The molecule has 0 saturated heterocycles. The maximum atomic E-state index is 13.1. The monoisotopic (exact) mass is 256 g/mol. The maximum absolute atomic E-state index is 13.1. The van der Waals surface area contributed by atoms with Crippen LogP contribution in [0.2, 0.25) is 0 Å². The number of ketones is 1. The van der Waals surface area contributed by atoms with E-state index in [4.69, 9.17) is 0 Å². The zero-order valence-electron chi connectivity index (χ0n) is 9.84. The van der Waals surface area contributed by atoms with Crippen molar-refractivity contribution in [3.63, 3.8) is 0 Å². The van der Waals surface area contributed by atoms with Gasteiger partial charge in [-0.15, -0.1) is 0 Å². The van der Waals surface area contributed by atoms with Crippen LogP contribution < -0.4 is 4.90 Å². The summed E-state index contributed by atoms with van der Waals surface area (Å²) >= 11 is 0. The van der Waals surface area contributed by atoms with E-state index in [0.717, 1.165) is 6.07 Å². The smallest absolute Gasteiger partial charge is 0.299 e. The van der Waals surface area contributed by atoms with Crippen LogP contribution in [0.5, 0.6) is 0 Å². The van der Waals surface area contributed by atoms with Crippen LogP contribution in [-0.2, 0) is 11.3 Å². The van der Waals surface area contributed by atoms with Gasteiger partial charge in [0.15, 0.2) is 0 Å². The van der Waals surface area contributed by atoms with Gasteiger partial charge in [-0.2, -0.15) is 0 Å². The Kier molecular flexibility index (Phi) is 2.59. The molecule has 0 bridgehead atoms. The lowest BCUT2D eigenvalue weighted by molar-refractivity contribution is -0.114. The van der Waals surface area contributed by atoms with Crippen LogP contribution in [0.25, 0.3) is 0 Å². The molecule has 0 radical (unpaired) electrons. The van der Waals surface area contributed by atoms with Gasteiger partial charge in [-0.05, 0) is 30.3 Å². The Morgan fingerprint density at radius 2 is 2.00 bits per heavy atom. The van der Waals surface area contributed by atoms with Crippen molar-refractivity contribution >= 4 is 17.4 Å². The topological polar surface area (TPSA) is 50.3 Å². The van der Waals surface area contributed by atoms with E-state index in [0.29, 0.717) is 11.4 Å². The SMILES string of the molecule is O=C1C(=O)N(Cc2ccccn2)c2ccc(F)cc21. The molecule has 1 aromatic carbocycles. The van der Waals surface area contributed by atoms with Crippen molar-refractivity contribution < 1.29 is 14.0 Å². The first-order chi connectivity index (χ1) is 9.16. The van der Waals surface area contributed by atoms with Crippen molar-refractivity contribution in [3.8, 4) is 0 Å². The predicted octanol–water partition coefficient (Wildman–Crippen LogP) is 1.95. The number of nitrogens with zero attached hydrogens (tertiary/aromatic N) is 2. The third-order valence-electron chi connectivity index (χ3n) is 2.98. The van der Waals surface area contributed by atoms with Gasteiger partial charge in [0, 0.05) is 6.20 Å². The lowest BCUT2D eigenvalue weighted by Crippen LogP contribution is -2.29. The molecule has 0 unspecified atom stereocenters. The number of hydrogen-bond donors (Lipinski definition) is 0. The number of benzene rings is 1. The number of pyridine rings is 1.